The number of hydrogen-bond donors (Lipinski definition) is 3. The molecular weight excluding hydrogens is 522 g/mol. The Morgan fingerprint density at radius 1 is 1.00 bits per heavy atom. The molecule has 0 spiro atoms. The second kappa shape index (κ2) is 11.6. The number of aromatic nitrogens is 1. The first-order valence-corrected chi connectivity index (χ1v) is 14.3. The molecule has 0 fully saturated rings. The van der Waals surface area contributed by atoms with Crippen molar-refractivity contribution in [2.24, 2.45) is 0 Å². The summed E-state index contributed by atoms with van der Waals surface area (Å²) in [4.78, 5) is 29.7. The number of anilines is 3. The molecule has 9 nitrogen and oxygen atoms in total. The van der Waals surface area contributed by atoms with E-state index < -0.39 is 10.0 Å². The molecule has 0 saturated heterocycles. The molecule has 0 saturated carbocycles. The Balaban J connectivity index is 1.49. The Morgan fingerprint density at radius 2 is 1.74 bits per heavy atom. The van der Waals surface area contributed by atoms with Gasteiger partial charge in [0, 0.05) is 67.1 Å². The molecule has 198 valence electrons. The fourth-order valence-corrected chi connectivity index (χ4v) is 6.01. The summed E-state index contributed by atoms with van der Waals surface area (Å²) in [5.74, 6) is -0.319. The molecule has 1 aromatic heterocycles. The second-order valence-corrected chi connectivity index (χ2v) is 11.4. The van der Waals surface area contributed by atoms with Crippen molar-refractivity contribution in [2.75, 3.05) is 35.6 Å². The lowest BCUT2D eigenvalue weighted by atomic mass is 10.1. The highest BCUT2D eigenvalue weighted by molar-refractivity contribution is 7.93. The van der Waals surface area contributed by atoms with Crippen LogP contribution in [0.2, 0.25) is 0 Å². The molecule has 11 heteroatoms. The van der Waals surface area contributed by atoms with Crippen LogP contribution in [-0.2, 0) is 19.6 Å². The average Bonchev–Trinajstić information content (AvgIpc) is 3.34. The summed E-state index contributed by atoms with van der Waals surface area (Å²) in [6.45, 7) is 1.87. The maximum absolute atomic E-state index is 13.4. The molecule has 0 unspecified atom stereocenters. The number of sulfonamides is 1. The van der Waals surface area contributed by atoms with E-state index in [1.54, 1.807) is 41.8 Å². The molecular formula is C27H29N5O4S2. The Bertz CT molecular complexity index is 1580. The average molecular weight is 552 g/mol. The van der Waals surface area contributed by atoms with Crippen molar-refractivity contribution in [1.82, 2.24) is 10.3 Å². The van der Waals surface area contributed by atoms with Gasteiger partial charge in [0.05, 0.1) is 10.6 Å². The summed E-state index contributed by atoms with van der Waals surface area (Å²) >= 11 is 1.28. The number of carbonyl (C=O) groups excluding carboxylic acids is 2. The molecule has 0 aliphatic heterocycles. The van der Waals surface area contributed by atoms with E-state index in [1.165, 1.54) is 18.3 Å². The van der Waals surface area contributed by atoms with Gasteiger partial charge in [-0.05, 0) is 30.7 Å². The van der Waals surface area contributed by atoms with Gasteiger partial charge in [0.15, 0.2) is 5.13 Å². The summed E-state index contributed by atoms with van der Waals surface area (Å²) in [5, 5.41) is 9.15. The van der Waals surface area contributed by atoms with E-state index in [9.17, 15) is 18.0 Å². The molecule has 4 rings (SSSR count). The lowest BCUT2D eigenvalue weighted by Crippen LogP contribution is -2.22. The van der Waals surface area contributed by atoms with Gasteiger partial charge in [-0.1, -0.05) is 36.4 Å². The number of hydrogen-bond acceptors (Lipinski definition) is 7. The van der Waals surface area contributed by atoms with Crippen molar-refractivity contribution < 1.29 is 18.0 Å². The first-order valence-electron chi connectivity index (χ1n) is 12.0. The van der Waals surface area contributed by atoms with Crippen LogP contribution in [-0.4, -0.2) is 45.9 Å². The number of nitrogens with zero attached hydrogens (tertiary/aromatic N) is 2. The molecule has 1 heterocycles. The Kier molecular flexibility index (Phi) is 8.28. The molecule has 4 aromatic rings. The van der Waals surface area contributed by atoms with E-state index >= 15 is 0 Å². The number of benzene rings is 3. The number of carbonyl (C=O) groups is 2. The van der Waals surface area contributed by atoms with Gasteiger partial charge >= 0.3 is 0 Å². The number of amides is 2. The molecule has 0 aliphatic rings. The largest absolute Gasteiger partial charge is 0.377 e. The zero-order valence-electron chi connectivity index (χ0n) is 21.3. The van der Waals surface area contributed by atoms with Crippen molar-refractivity contribution in [2.45, 2.75) is 24.7 Å². The van der Waals surface area contributed by atoms with Crippen LogP contribution >= 0.6 is 11.3 Å². The molecule has 0 bridgehead atoms. The van der Waals surface area contributed by atoms with Crippen LogP contribution < -0.4 is 20.3 Å². The first kappa shape index (κ1) is 27.1. The fraction of sp³-hybridized carbons (Fsp3) is 0.222. The van der Waals surface area contributed by atoms with Crippen molar-refractivity contribution in [3.05, 3.63) is 66.0 Å². The zero-order chi connectivity index (χ0) is 27.3. The van der Waals surface area contributed by atoms with E-state index in [2.05, 4.69) is 20.3 Å². The highest BCUT2D eigenvalue weighted by Gasteiger charge is 2.19. The third-order valence-electron chi connectivity index (χ3n) is 5.75. The minimum Gasteiger partial charge on any atom is -0.377 e. The van der Waals surface area contributed by atoms with Crippen molar-refractivity contribution >= 4 is 60.5 Å². The highest BCUT2D eigenvalue weighted by Crippen LogP contribution is 2.32. The van der Waals surface area contributed by atoms with Crippen LogP contribution in [0.5, 0.6) is 0 Å². The van der Waals surface area contributed by atoms with E-state index in [0.717, 1.165) is 11.1 Å². The van der Waals surface area contributed by atoms with E-state index in [1.807, 2.05) is 43.3 Å². The normalized spacial score (nSPS) is 11.2. The molecule has 0 aliphatic carbocycles. The van der Waals surface area contributed by atoms with Gasteiger partial charge in [0.1, 0.15) is 0 Å². The molecule has 38 heavy (non-hydrogen) atoms. The maximum Gasteiger partial charge on any atom is 0.262 e. The van der Waals surface area contributed by atoms with Gasteiger partial charge in [-0.25, -0.2) is 13.4 Å². The van der Waals surface area contributed by atoms with Gasteiger partial charge in [-0.15, -0.1) is 11.3 Å². The molecule has 3 aromatic carbocycles. The summed E-state index contributed by atoms with van der Waals surface area (Å²) in [6.07, 6.45) is 0.787. The van der Waals surface area contributed by atoms with Crippen molar-refractivity contribution in [1.29, 1.82) is 0 Å². The van der Waals surface area contributed by atoms with Gasteiger partial charge < -0.3 is 15.5 Å². The predicted molar refractivity (Wildman–Crippen MR) is 153 cm³/mol. The standard InChI is InChI=1S/C27H29N5O4S2/c1-18(33)28-15-7-14-26(34)30-27-29-23(17-37-27)19-8-4-9-20(16-19)31-38(35,36)25-13-6-10-21-22(25)11-5-12-24(21)32(2)3/h4-6,8-13,16-17,31H,7,14-15H2,1-3H3,(H,28,33)(H,29,30,34). The van der Waals surface area contributed by atoms with Crippen molar-refractivity contribution in [3.8, 4) is 11.3 Å². The van der Waals surface area contributed by atoms with Gasteiger partial charge in [-0.3, -0.25) is 14.3 Å². The van der Waals surface area contributed by atoms with E-state index in [4.69, 9.17) is 0 Å². The van der Waals surface area contributed by atoms with Gasteiger partial charge in [0.25, 0.3) is 10.0 Å². The first-order chi connectivity index (χ1) is 18.1. The Hall–Kier alpha value is -3.96. The molecule has 3 N–H and O–H groups in total. The Morgan fingerprint density at radius 3 is 2.50 bits per heavy atom. The minimum absolute atomic E-state index is 0.130. The lowest BCUT2D eigenvalue weighted by molar-refractivity contribution is -0.119. The van der Waals surface area contributed by atoms with Crippen molar-refractivity contribution in [3.63, 3.8) is 0 Å². The summed E-state index contributed by atoms with van der Waals surface area (Å²) < 4.78 is 29.5. The highest BCUT2D eigenvalue weighted by atomic mass is 32.2. The summed E-state index contributed by atoms with van der Waals surface area (Å²) in [6, 6.07) is 17.8. The lowest BCUT2D eigenvalue weighted by Gasteiger charge is -2.17. The smallest absolute Gasteiger partial charge is 0.262 e. The minimum atomic E-state index is -3.88. The third-order valence-corrected chi connectivity index (χ3v) is 7.94. The van der Waals surface area contributed by atoms with E-state index in [0.29, 0.717) is 40.4 Å². The van der Waals surface area contributed by atoms with Gasteiger partial charge in [0.2, 0.25) is 11.8 Å². The van der Waals surface area contributed by atoms with Crippen LogP contribution in [0.15, 0.2) is 70.9 Å². The third kappa shape index (κ3) is 6.48. The molecule has 0 atom stereocenters. The number of thiazole rings is 1. The SMILES string of the molecule is CC(=O)NCCCC(=O)Nc1nc(-c2cccc(NS(=O)(=O)c3cccc4c(N(C)C)cccc34)c2)cs1. The van der Waals surface area contributed by atoms with Crippen LogP contribution in [0.3, 0.4) is 0 Å². The monoisotopic (exact) mass is 551 g/mol. The van der Waals surface area contributed by atoms with Crippen LogP contribution in [0, 0.1) is 0 Å². The molecule has 2 amide bonds. The fourth-order valence-electron chi connectivity index (χ4n) is 4.00. The maximum atomic E-state index is 13.4. The summed E-state index contributed by atoms with van der Waals surface area (Å²) in [7, 11) is -0.0382. The zero-order valence-corrected chi connectivity index (χ0v) is 22.9. The summed E-state index contributed by atoms with van der Waals surface area (Å²) in [5.41, 5.74) is 2.66. The Labute approximate surface area is 226 Å². The number of fused-ring (bicyclic) bond motifs is 1. The second-order valence-electron chi connectivity index (χ2n) is 8.88. The van der Waals surface area contributed by atoms with E-state index in [-0.39, 0.29) is 23.1 Å². The van der Waals surface area contributed by atoms with Gasteiger partial charge in [-0.2, -0.15) is 0 Å². The quantitative estimate of drug-likeness (QED) is 0.246. The van der Waals surface area contributed by atoms with Crippen LogP contribution in [0.1, 0.15) is 19.8 Å². The van der Waals surface area contributed by atoms with Crippen LogP contribution in [0.4, 0.5) is 16.5 Å². The topological polar surface area (TPSA) is 120 Å². The number of nitrogens with one attached hydrogen (secondary N) is 3. The van der Waals surface area contributed by atoms with Crippen LogP contribution in [0.25, 0.3) is 22.0 Å². The number of rotatable bonds is 10. The predicted octanol–water partition coefficient (Wildman–Crippen LogP) is 4.68. The molecule has 0 radical (unpaired) electrons.